The second-order valence-corrected chi connectivity index (χ2v) is 12.4. The molecule has 2 aliphatic carbocycles. The van der Waals surface area contributed by atoms with E-state index >= 15 is 4.39 Å². The standard InChI is InChI=1S/C31H37ClFN7O.C3H6/c1-19(34)37-13-3-12-36-17-20-6-10-24(11-7-20)40-18-23-16-28(38-30(23)39-31(40)41)25-14-21(15-26(32)29(25)33)4-2-5-27(35)22-8-9-22;1-2-3-1/h6-7,10-11,14-16,18,22,27,36H,2-5,8-9,12-13,17,35H2,1H3,(H2,34,37)(H,38,39,41);1-3H2. The van der Waals surface area contributed by atoms with Crippen LogP contribution in [0.4, 0.5) is 4.39 Å². The number of benzene rings is 2. The molecule has 2 heterocycles. The van der Waals surface area contributed by atoms with E-state index in [1.54, 1.807) is 25.3 Å². The second-order valence-electron chi connectivity index (χ2n) is 12.0. The van der Waals surface area contributed by atoms with Gasteiger partial charge in [0.05, 0.1) is 22.2 Å². The van der Waals surface area contributed by atoms with Gasteiger partial charge in [-0.15, -0.1) is 0 Å². The number of halogens is 2. The van der Waals surface area contributed by atoms with Crippen molar-refractivity contribution in [1.29, 1.82) is 0 Å². The van der Waals surface area contributed by atoms with Crippen LogP contribution < -0.4 is 22.5 Å². The first-order valence-corrected chi connectivity index (χ1v) is 16.1. The normalized spacial score (nSPS) is 15.2. The molecule has 2 aromatic carbocycles. The highest BCUT2D eigenvalue weighted by Crippen LogP contribution is 2.34. The number of fused-ring (bicyclic) bond motifs is 1. The lowest BCUT2D eigenvalue weighted by Crippen LogP contribution is -2.22. The Labute approximate surface area is 263 Å². The van der Waals surface area contributed by atoms with Crippen molar-refractivity contribution < 1.29 is 4.39 Å². The van der Waals surface area contributed by atoms with Crippen LogP contribution >= 0.6 is 11.6 Å². The van der Waals surface area contributed by atoms with Gasteiger partial charge in [0, 0.05) is 36.3 Å². The minimum atomic E-state index is -0.502. The summed E-state index contributed by atoms with van der Waals surface area (Å²) in [7, 11) is 0. The minimum Gasteiger partial charge on any atom is -0.388 e. The number of H-pyrrole nitrogens is 1. The summed E-state index contributed by atoms with van der Waals surface area (Å²) in [4.78, 5) is 24.4. The maximum Gasteiger partial charge on any atom is 0.354 e. The highest BCUT2D eigenvalue weighted by atomic mass is 35.5. The molecule has 2 fully saturated rings. The summed E-state index contributed by atoms with van der Waals surface area (Å²) in [5.41, 5.74) is 15.4. The number of nitrogens with one attached hydrogen (secondary N) is 2. The number of nitrogens with zero attached hydrogens (tertiary/aromatic N) is 3. The summed E-state index contributed by atoms with van der Waals surface area (Å²) in [6.45, 7) is 4.03. The number of aliphatic imine (C=N–C) groups is 1. The summed E-state index contributed by atoms with van der Waals surface area (Å²) in [5.74, 6) is 0.756. The van der Waals surface area contributed by atoms with Gasteiger partial charge in [-0.2, -0.15) is 4.98 Å². The number of hydrogen-bond acceptors (Lipinski definition) is 5. The molecule has 234 valence electrons. The number of nitrogens with two attached hydrogens (primary N) is 2. The Balaban J connectivity index is 0.00000121. The Morgan fingerprint density at radius 1 is 1.16 bits per heavy atom. The number of aryl methyl sites for hydroxylation is 1. The minimum absolute atomic E-state index is 0.0731. The maximum absolute atomic E-state index is 15.1. The molecule has 6 N–H and O–H groups in total. The molecule has 1 atom stereocenters. The van der Waals surface area contributed by atoms with Crippen LogP contribution in [0, 0.1) is 11.7 Å². The number of aromatic amines is 1. The van der Waals surface area contributed by atoms with E-state index in [0.717, 1.165) is 43.4 Å². The van der Waals surface area contributed by atoms with Crippen molar-refractivity contribution >= 4 is 28.5 Å². The fourth-order valence-electron chi connectivity index (χ4n) is 5.08. The Bertz CT molecular complexity index is 1630. The fourth-order valence-corrected chi connectivity index (χ4v) is 5.32. The van der Waals surface area contributed by atoms with Crippen molar-refractivity contribution in [3.05, 3.63) is 81.1 Å². The quantitative estimate of drug-likeness (QED) is 0.0798. The zero-order chi connectivity index (χ0) is 31.1. The topological polar surface area (TPSA) is 127 Å². The van der Waals surface area contributed by atoms with Gasteiger partial charge in [-0.1, -0.05) is 43.0 Å². The van der Waals surface area contributed by atoms with Gasteiger partial charge < -0.3 is 21.8 Å². The Hall–Kier alpha value is -3.53. The van der Waals surface area contributed by atoms with E-state index in [4.69, 9.17) is 23.1 Å². The monoisotopic (exact) mass is 619 g/mol. The first-order valence-electron chi connectivity index (χ1n) is 15.7. The highest BCUT2D eigenvalue weighted by Gasteiger charge is 2.27. The Morgan fingerprint density at radius 2 is 1.91 bits per heavy atom. The lowest BCUT2D eigenvalue weighted by Gasteiger charge is -2.11. The first kappa shape index (κ1) is 31.9. The van der Waals surface area contributed by atoms with Gasteiger partial charge in [0.15, 0.2) is 5.82 Å². The summed E-state index contributed by atoms with van der Waals surface area (Å²) in [6.07, 6.45) is 12.2. The van der Waals surface area contributed by atoms with E-state index in [9.17, 15) is 4.79 Å². The third-order valence-corrected chi connectivity index (χ3v) is 8.16. The number of rotatable bonds is 13. The molecule has 0 aliphatic heterocycles. The predicted octanol–water partition coefficient (Wildman–Crippen LogP) is 6.26. The van der Waals surface area contributed by atoms with E-state index in [-0.39, 0.29) is 11.1 Å². The summed E-state index contributed by atoms with van der Waals surface area (Å²) in [6, 6.07) is 13.3. The van der Waals surface area contributed by atoms with Crippen LogP contribution in [0.2, 0.25) is 5.02 Å². The third kappa shape index (κ3) is 9.00. The molecule has 0 amide bonds. The van der Waals surface area contributed by atoms with Gasteiger partial charge in [-0.3, -0.25) is 9.56 Å². The molecule has 4 aromatic rings. The van der Waals surface area contributed by atoms with Gasteiger partial charge in [0.1, 0.15) is 5.65 Å². The van der Waals surface area contributed by atoms with Crippen LogP contribution in [0.15, 0.2) is 58.4 Å². The summed E-state index contributed by atoms with van der Waals surface area (Å²) >= 11 is 6.28. The molecular formula is C34H43ClFN7O. The van der Waals surface area contributed by atoms with Crippen LogP contribution in [-0.4, -0.2) is 39.5 Å². The third-order valence-electron chi connectivity index (χ3n) is 7.89. The van der Waals surface area contributed by atoms with Gasteiger partial charge in [0.25, 0.3) is 0 Å². The SMILES string of the molecule is C1CC1.CC(N)=NCCCNCc1ccc(-n2cc3cc(-c4cc(CCCC(N)C5CC5)cc(Cl)c4F)[nH]c3nc2=O)cc1. The van der Waals surface area contributed by atoms with Gasteiger partial charge in [0.2, 0.25) is 0 Å². The van der Waals surface area contributed by atoms with Crippen molar-refractivity contribution in [2.45, 2.75) is 77.3 Å². The Kier molecular flexibility index (Phi) is 10.8. The van der Waals surface area contributed by atoms with Crippen LogP contribution in [0.1, 0.15) is 69.4 Å². The summed E-state index contributed by atoms with van der Waals surface area (Å²) in [5, 5.41) is 4.15. The molecule has 44 heavy (non-hydrogen) atoms. The van der Waals surface area contributed by atoms with Crippen molar-refractivity contribution in [3.8, 4) is 16.9 Å². The van der Waals surface area contributed by atoms with Crippen molar-refractivity contribution in [2.75, 3.05) is 13.1 Å². The number of amidine groups is 1. The van der Waals surface area contributed by atoms with Gasteiger partial charge in [-0.05, 0) is 99.4 Å². The molecule has 2 saturated carbocycles. The van der Waals surface area contributed by atoms with E-state index in [1.165, 1.54) is 36.7 Å². The molecule has 2 aromatic heterocycles. The molecule has 0 saturated heterocycles. The molecule has 1 unspecified atom stereocenters. The van der Waals surface area contributed by atoms with Gasteiger partial charge >= 0.3 is 5.69 Å². The molecule has 0 spiro atoms. The predicted molar refractivity (Wildman–Crippen MR) is 178 cm³/mol. The molecule has 6 rings (SSSR count). The Morgan fingerprint density at radius 3 is 2.59 bits per heavy atom. The average Bonchev–Trinajstić information content (AvgIpc) is 3.93. The highest BCUT2D eigenvalue weighted by molar-refractivity contribution is 6.31. The van der Waals surface area contributed by atoms with Crippen LogP contribution in [0.25, 0.3) is 28.0 Å². The number of aromatic nitrogens is 3. The van der Waals surface area contributed by atoms with Crippen LogP contribution in [0.5, 0.6) is 0 Å². The maximum atomic E-state index is 15.1. The average molecular weight is 620 g/mol. The zero-order valence-corrected chi connectivity index (χ0v) is 26.2. The van der Waals surface area contributed by atoms with Crippen LogP contribution in [-0.2, 0) is 13.0 Å². The zero-order valence-electron chi connectivity index (χ0n) is 25.4. The fraction of sp³-hybridized carbons (Fsp3) is 0.441. The first-order chi connectivity index (χ1) is 21.3. The molecule has 10 heteroatoms. The van der Waals surface area contributed by atoms with E-state index in [2.05, 4.69) is 20.3 Å². The second kappa shape index (κ2) is 15.0. The van der Waals surface area contributed by atoms with E-state index in [0.29, 0.717) is 52.8 Å². The van der Waals surface area contributed by atoms with E-state index in [1.807, 2.05) is 30.3 Å². The lowest BCUT2D eigenvalue weighted by molar-refractivity contribution is 0.528. The van der Waals surface area contributed by atoms with Crippen molar-refractivity contribution in [2.24, 2.45) is 22.4 Å². The van der Waals surface area contributed by atoms with Crippen LogP contribution in [0.3, 0.4) is 0 Å². The molecule has 2 aliphatic rings. The lowest BCUT2D eigenvalue weighted by atomic mass is 10.00. The molecule has 8 nitrogen and oxygen atoms in total. The molecular weight excluding hydrogens is 577 g/mol. The van der Waals surface area contributed by atoms with Crippen molar-refractivity contribution in [1.82, 2.24) is 19.9 Å². The van der Waals surface area contributed by atoms with Crippen molar-refractivity contribution in [3.63, 3.8) is 0 Å². The summed E-state index contributed by atoms with van der Waals surface area (Å²) < 4.78 is 16.6. The van der Waals surface area contributed by atoms with Gasteiger partial charge in [-0.25, -0.2) is 9.18 Å². The number of hydrogen-bond donors (Lipinski definition) is 4. The molecule has 0 bridgehead atoms. The largest absolute Gasteiger partial charge is 0.388 e. The smallest absolute Gasteiger partial charge is 0.354 e. The molecule has 0 radical (unpaired) electrons. The van der Waals surface area contributed by atoms with E-state index < -0.39 is 11.5 Å².